The SMILES string of the molecule is CC(C)(C)OC(=O)N[C@@H](c1ccccc1Cl)[C@@]1(C#N)CCCC1=O. The Labute approximate surface area is 146 Å². The largest absolute Gasteiger partial charge is 0.444 e. The van der Waals surface area contributed by atoms with Crippen LogP contribution in [0.15, 0.2) is 24.3 Å². The van der Waals surface area contributed by atoms with E-state index in [2.05, 4.69) is 11.4 Å². The zero-order valence-electron chi connectivity index (χ0n) is 14.1. The van der Waals surface area contributed by atoms with Crippen LogP contribution in [0.2, 0.25) is 5.02 Å². The second-order valence-corrected chi connectivity index (χ2v) is 7.37. The maximum atomic E-state index is 12.5. The van der Waals surface area contributed by atoms with Crippen LogP contribution in [0.1, 0.15) is 51.6 Å². The third kappa shape index (κ3) is 3.70. The summed E-state index contributed by atoms with van der Waals surface area (Å²) >= 11 is 6.27. The van der Waals surface area contributed by atoms with Crippen LogP contribution < -0.4 is 5.32 Å². The number of Topliss-reactive ketones (excluding diaryl/α,β-unsaturated/α-hetero) is 1. The van der Waals surface area contributed by atoms with E-state index in [1.807, 2.05) is 0 Å². The van der Waals surface area contributed by atoms with Crippen LogP contribution >= 0.6 is 11.6 Å². The van der Waals surface area contributed by atoms with E-state index in [1.54, 1.807) is 45.0 Å². The Morgan fingerprint density at radius 3 is 2.58 bits per heavy atom. The van der Waals surface area contributed by atoms with Gasteiger partial charge in [0.05, 0.1) is 12.1 Å². The Morgan fingerprint density at radius 1 is 1.42 bits per heavy atom. The van der Waals surface area contributed by atoms with E-state index in [0.29, 0.717) is 29.8 Å². The predicted molar refractivity (Wildman–Crippen MR) is 90.5 cm³/mol. The van der Waals surface area contributed by atoms with Crippen molar-refractivity contribution in [2.45, 2.75) is 51.7 Å². The van der Waals surface area contributed by atoms with Crippen molar-refractivity contribution in [3.63, 3.8) is 0 Å². The third-order valence-corrected chi connectivity index (χ3v) is 4.39. The summed E-state index contributed by atoms with van der Waals surface area (Å²) in [5.41, 5.74) is -1.46. The van der Waals surface area contributed by atoms with Gasteiger partial charge in [0.25, 0.3) is 0 Å². The number of ketones is 1. The van der Waals surface area contributed by atoms with Crippen molar-refractivity contribution in [3.8, 4) is 6.07 Å². The number of hydrogen-bond acceptors (Lipinski definition) is 4. The van der Waals surface area contributed by atoms with Crippen molar-refractivity contribution < 1.29 is 14.3 Å². The number of carbonyl (C=O) groups is 2. The van der Waals surface area contributed by atoms with Crippen LogP contribution in [0.5, 0.6) is 0 Å². The van der Waals surface area contributed by atoms with E-state index < -0.39 is 23.2 Å². The molecule has 24 heavy (non-hydrogen) atoms. The molecule has 6 heteroatoms. The van der Waals surface area contributed by atoms with Gasteiger partial charge < -0.3 is 10.1 Å². The maximum absolute atomic E-state index is 12.5. The number of carbonyl (C=O) groups excluding carboxylic acids is 2. The summed E-state index contributed by atoms with van der Waals surface area (Å²) in [7, 11) is 0. The van der Waals surface area contributed by atoms with Crippen LogP contribution in [-0.2, 0) is 9.53 Å². The standard InChI is InChI=1S/C18H21ClN2O3/c1-17(2,3)24-16(23)21-15(12-7-4-5-8-13(12)19)18(11-20)10-6-9-14(18)22/h4-5,7-8,15H,6,9-10H2,1-3H3,(H,21,23)/t15-,18+/m0/s1. The minimum Gasteiger partial charge on any atom is -0.444 e. The molecule has 0 radical (unpaired) electrons. The highest BCUT2D eigenvalue weighted by Crippen LogP contribution is 2.46. The zero-order valence-corrected chi connectivity index (χ0v) is 14.8. The van der Waals surface area contributed by atoms with Gasteiger partial charge in [-0.2, -0.15) is 5.26 Å². The molecule has 1 aliphatic rings. The monoisotopic (exact) mass is 348 g/mol. The molecule has 128 valence electrons. The Morgan fingerprint density at radius 2 is 2.08 bits per heavy atom. The minimum absolute atomic E-state index is 0.175. The van der Waals surface area contributed by atoms with Crippen LogP contribution in [0, 0.1) is 16.7 Å². The smallest absolute Gasteiger partial charge is 0.408 e. The van der Waals surface area contributed by atoms with E-state index in [4.69, 9.17) is 16.3 Å². The molecule has 1 amide bonds. The summed E-state index contributed by atoms with van der Waals surface area (Å²) in [5, 5.41) is 12.9. The molecule has 2 atom stereocenters. The number of amides is 1. The minimum atomic E-state index is -1.32. The second kappa shape index (κ2) is 6.82. The first-order chi connectivity index (χ1) is 11.2. The molecule has 0 heterocycles. The fourth-order valence-electron chi connectivity index (χ4n) is 2.98. The topological polar surface area (TPSA) is 79.2 Å². The lowest BCUT2D eigenvalue weighted by Gasteiger charge is -2.32. The zero-order chi connectivity index (χ0) is 18.0. The van der Waals surface area contributed by atoms with Crippen molar-refractivity contribution >= 4 is 23.5 Å². The molecule has 0 bridgehead atoms. The molecule has 0 unspecified atom stereocenters. The molecule has 1 aromatic rings. The summed E-state index contributed by atoms with van der Waals surface area (Å²) in [5.74, 6) is -0.175. The van der Waals surface area contributed by atoms with Gasteiger partial charge in [-0.15, -0.1) is 0 Å². The highest BCUT2D eigenvalue weighted by Gasteiger charge is 2.51. The predicted octanol–water partition coefficient (Wildman–Crippen LogP) is 4.17. The average molecular weight is 349 g/mol. The lowest BCUT2D eigenvalue weighted by Crippen LogP contribution is -2.44. The number of nitrogens with one attached hydrogen (secondary N) is 1. The first-order valence-corrected chi connectivity index (χ1v) is 8.26. The molecule has 0 aromatic heterocycles. The highest BCUT2D eigenvalue weighted by molar-refractivity contribution is 6.31. The number of ether oxygens (including phenoxy) is 1. The molecule has 1 aromatic carbocycles. The molecule has 1 fully saturated rings. The lowest BCUT2D eigenvalue weighted by atomic mass is 9.76. The third-order valence-electron chi connectivity index (χ3n) is 4.04. The van der Waals surface area contributed by atoms with Gasteiger partial charge in [0.1, 0.15) is 11.0 Å². The van der Waals surface area contributed by atoms with Crippen molar-refractivity contribution in [2.75, 3.05) is 0 Å². The fourth-order valence-corrected chi connectivity index (χ4v) is 3.22. The summed E-state index contributed by atoms with van der Waals surface area (Å²) in [6, 6.07) is 8.20. The van der Waals surface area contributed by atoms with Crippen molar-refractivity contribution in [1.29, 1.82) is 5.26 Å². The number of rotatable bonds is 3. The van der Waals surface area contributed by atoms with Crippen LogP contribution in [-0.4, -0.2) is 17.5 Å². The highest BCUT2D eigenvalue weighted by atomic mass is 35.5. The number of nitriles is 1. The molecular formula is C18H21ClN2O3. The Kier molecular flexibility index (Phi) is 5.19. The van der Waals surface area contributed by atoms with Crippen LogP contribution in [0.25, 0.3) is 0 Å². The number of benzene rings is 1. The van der Waals surface area contributed by atoms with Gasteiger partial charge in [0.2, 0.25) is 0 Å². The molecule has 2 rings (SSSR count). The van der Waals surface area contributed by atoms with E-state index in [0.717, 1.165) is 0 Å². The van der Waals surface area contributed by atoms with Gasteiger partial charge >= 0.3 is 6.09 Å². The van der Waals surface area contributed by atoms with Gasteiger partial charge in [-0.3, -0.25) is 4.79 Å². The number of halogens is 1. The summed E-state index contributed by atoms with van der Waals surface area (Å²) in [6.45, 7) is 5.24. The fraction of sp³-hybridized carbons (Fsp3) is 0.500. The Bertz CT molecular complexity index is 690. The van der Waals surface area contributed by atoms with Gasteiger partial charge in [0.15, 0.2) is 5.78 Å². The summed E-state index contributed by atoms with van der Waals surface area (Å²) in [6.07, 6.45) is 0.642. The molecule has 1 aliphatic carbocycles. The second-order valence-electron chi connectivity index (χ2n) is 6.96. The van der Waals surface area contributed by atoms with Gasteiger partial charge in [-0.05, 0) is 45.2 Å². The quantitative estimate of drug-likeness (QED) is 0.889. The van der Waals surface area contributed by atoms with Crippen LogP contribution in [0.4, 0.5) is 4.79 Å². The summed E-state index contributed by atoms with van der Waals surface area (Å²) in [4.78, 5) is 24.7. The Hall–Kier alpha value is -2.06. The van der Waals surface area contributed by atoms with E-state index in [1.165, 1.54) is 0 Å². The number of hydrogen-bond donors (Lipinski definition) is 1. The molecule has 0 aliphatic heterocycles. The molecule has 1 saturated carbocycles. The molecular weight excluding hydrogens is 328 g/mol. The molecule has 1 N–H and O–H groups in total. The van der Waals surface area contributed by atoms with Crippen LogP contribution in [0.3, 0.4) is 0 Å². The first-order valence-electron chi connectivity index (χ1n) is 7.88. The normalized spacial score (nSPS) is 21.9. The van der Waals surface area contributed by atoms with E-state index >= 15 is 0 Å². The molecule has 0 spiro atoms. The van der Waals surface area contributed by atoms with Gasteiger partial charge in [-0.1, -0.05) is 29.8 Å². The van der Waals surface area contributed by atoms with Crippen molar-refractivity contribution in [3.05, 3.63) is 34.9 Å². The summed E-state index contributed by atoms with van der Waals surface area (Å²) < 4.78 is 5.30. The van der Waals surface area contributed by atoms with Gasteiger partial charge in [0, 0.05) is 11.4 Å². The number of alkyl carbamates (subject to hydrolysis) is 1. The first kappa shape index (κ1) is 18.3. The van der Waals surface area contributed by atoms with Crippen molar-refractivity contribution in [2.24, 2.45) is 5.41 Å². The molecule has 5 nitrogen and oxygen atoms in total. The Balaban J connectivity index is 2.43. The maximum Gasteiger partial charge on any atom is 0.408 e. The van der Waals surface area contributed by atoms with Gasteiger partial charge in [-0.25, -0.2) is 4.79 Å². The van der Waals surface area contributed by atoms with E-state index in [-0.39, 0.29) is 5.78 Å². The van der Waals surface area contributed by atoms with Crippen molar-refractivity contribution in [1.82, 2.24) is 5.32 Å². The van der Waals surface area contributed by atoms with E-state index in [9.17, 15) is 14.9 Å². The lowest BCUT2D eigenvalue weighted by molar-refractivity contribution is -0.124. The number of nitrogens with zero attached hydrogens (tertiary/aromatic N) is 1. The molecule has 0 saturated heterocycles. The average Bonchev–Trinajstić information content (AvgIpc) is 2.86.